The average Bonchev–Trinajstić information content (AvgIpc) is 2.89. The Morgan fingerprint density at radius 3 is 2.50 bits per heavy atom. The van der Waals surface area contributed by atoms with E-state index in [0.29, 0.717) is 18.4 Å². The smallest absolute Gasteiger partial charge is 0.311 e. The zero-order chi connectivity index (χ0) is 14.8. The number of hydrogen-bond donors (Lipinski definition) is 2. The summed E-state index contributed by atoms with van der Waals surface area (Å²) in [5.74, 6) is -0.977. The summed E-state index contributed by atoms with van der Waals surface area (Å²) in [6, 6.07) is 5.71. The third-order valence-corrected chi connectivity index (χ3v) is 4.24. The predicted octanol–water partition coefficient (Wildman–Crippen LogP) is 2.68. The predicted molar refractivity (Wildman–Crippen MR) is 76.8 cm³/mol. The van der Waals surface area contributed by atoms with Gasteiger partial charge in [-0.05, 0) is 38.3 Å². The van der Waals surface area contributed by atoms with E-state index in [0.717, 1.165) is 24.0 Å². The number of carbonyl (C=O) groups excluding carboxylic acids is 1. The van der Waals surface area contributed by atoms with Crippen molar-refractivity contribution in [1.29, 1.82) is 0 Å². The third kappa shape index (κ3) is 2.84. The number of nitrogens with one attached hydrogen (secondary N) is 1. The molecule has 20 heavy (non-hydrogen) atoms. The van der Waals surface area contributed by atoms with Gasteiger partial charge in [0.25, 0.3) is 5.91 Å². The fraction of sp³-hybridized carbons (Fsp3) is 0.500. The van der Waals surface area contributed by atoms with Gasteiger partial charge >= 0.3 is 5.97 Å². The highest BCUT2D eigenvalue weighted by atomic mass is 16.4. The topological polar surface area (TPSA) is 66.4 Å². The first-order chi connectivity index (χ1) is 9.44. The van der Waals surface area contributed by atoms with Gasteiger partial charge in [0, 0.05) is 12.1 Å². The molecule has 0 aromatic heterocycles. The molecule has 1 amide bonds. The van der Waals surface area contributed by atoms with Gasteiger partial charge in [-0.15, -0.1) is 0 Å². The molecule has 0 atom stereocenters. The maximum atomic E-state index is 12.2. The first-order valence-corrected chi connectivity index (χ1v) is 7.03. The number of rotatable bonds is 4. The van der Waals surface area contributed by atoms with E-state index in [1.54, 1.807) is 0 Å². The van der Waals surface area contributed by atoms with Crippen molar-refractivity contribution < 1.29 is 14.7 Å². The van der Waals surface area contributed by atoms with Crippen LogP contribution in [0.4, 0.5) is 0 Å². The van der Waals surface area contributed by atoms with Crippen LogP contribution >= 0.6 is 0 Å². The number of aryl methyl sites for hydroxylation is 2. The minimum atomic E-state index is -0.795. The minimum absolute atomic E-state index is 0.182. The van der Waals surface area contributed by atoms with Crippen LogP contribution in [0.1, 0.15) is 47.2 Å². The fourth-order valence-electron chi connectivity index (χ4n) is 2.84. The van der Waals surface area contributed by atoms with Crippen LogP contribution in [0.5, 0.6) is 0 Å². The van der Waals surface area contributed by atoms with Crippen LogP contribution in [0.2, 0.25) is 0 Å². The van der Waals surface area contributed by atoms with Crippen LogP contribution in [0.3, 0.4) is 0 Å². The number of aliphatic carboxylic acids is 1. The molecular formula is C16H21NO3. The minimum Gasteiger partial charge on any atom is -0.481 e. The van der Waals surface area contributed by atoms with Gasteiger partial charge in [-0.25, -0.2) is 0 Å². The van der Waals surface area contributed by atoms with Crippen molar-refractivity contribution in [3.05, 3.63) is 34.9 Å². The number of amides is 1. The molecule has 2 rings (SSSR count). The maximum absolute atomic E-state index is 12.2. The molecule has 2 N–H and O–H groups in total. The second kappa shape index (κ2) is 5.65. The quantitative estimate of drug-likeness (QED) is 0.887. The molecule has 4 nitrogen and oxygen atoms in total. The summed E-state index contributed by atoms with van der Waals surface area (Å²) in [5, 5.41) is 12.2. The highest BCUT2D eigenvalue weighted by Crippen LogP contribution is 2.37. The van der Waals surface area contributed by atoms with E-state index < -0.39 is 11.4 Å². The van der Waals surface area contributed by atoms with E-state index in [2.05, 4.69) is 5.32 Å². The average molecular weight is 275 g/mol. The molecule has 108 valence electrons. The van der Waals surface area contributed by atoms with E-state index in [1.165, 1.54) is 0 Å². The lowest BCUT2D eigenvalue weighted by Crippen LogP contribution is -2.41. The Hall–Kier alpha value is -1.84. The van der Waals surface area contributed by atoms with Crippen LogP contribution in [0, 0.1) is 19.3 Å². The molecule has 1 aromatic rings. The molecule has 0 unspecified atom stereocenters. The van der Waals surface area contributed by atoms with Gasteiger partial charge in [0.2, 0.25) is 0 Å². The van der Waals surface area contributed by atoms with Gasteiger partial charge in [-0.3, -0.25) is 9.59 Å². The Bertz CT molecular complexity index is 531. The summed E-state index contributed by atoms with van der Waals surface area (Å²) in [7, 11) is 0. The molecule has 1 fully saturated rings. The Morgan fingerprint density at radius 2 is 1.90 bits per heavy atom. The Morgan fingerprint density at radius 1 is 1.25 bits per heavy atom. The molecule has 4 heteroatoms. The van der Waals surface area contributed by atoms with Gasteiger partial charge in [0.05, 0.1) is 5.41 Å². The van der Waals surface area contributed by atoms with Gasteiger partial charge in [-0.2, -0.15) is 0 Å². The van der Waals surface area contributed by atoms with Crippen LogP contribution in [0.25, 0.3) is 0 Å². The van der Waals surface area contributed by atoms with Crippen molar-refractivity contribution in [2.75, 3.05) is 6.54 Å². The number of benzene rings is 1. The van der Waals surface area contributed by atoms with Crippen LogP contribution < -0.4 is 5.32 Å². The Balaban J connectivity index is 2.08. The van der Waals surface area contributed by atoms with Gasteiger partial charge in [0.15, 0.2) is 0 Å². The molecular weight excluding hydrogens is 254 g/mol. The van der Waals surface area contributed by atoms with Crippen molar-refractivity contribution in [2.45, 2.75) is 39.5 Å². The number of carbonyl (C=O) groups is 2. The number of hydrogen-bond acceptors (Lipinski definition) is 2. The van der Waals surface area contributed by atoms with Gasteiger partial charge < -0.3 is 10.4 Å². The first kappa shape index (κ1) is 14.6. The largest absolute Gasteiger partial charge is 0.481 e. The van der Waals surface area contributed by atoms with Gasteiger partial charge in [0.1, 0.15) is 0 Å². The van der Waals surface area contributed by atoms with Crippen LogP contribution in [-0.2, 0) is 4.79 Å². The van der Waals surface area contributed by atoms with E-state index in [4.69, 9.17) is 0 Å². The maximum Gasteiger partial charge on any atom is 0.311 e. The standard InChI is InChI=1S/C16H21NO3/c1-11-5-6-12(2)13(9-11)14(18)17-10-16(15(19)20)7-3-4-8-16/h5-6,9H,3-4,7-8,10H2,1-2H3,(H,17,18)(H,19,20). The highest BCUT2D eigenvalue weighted by Gasteiger charge is 2.41. The Kier molecular flexibility index (Phi) is 4.12. The zero-order valence-electron chi connectivity index (χ0n) is 12.0. The molecule has 0 radical (unpaired) electrons. The van der Waals surface area contributed by atoms with Crippen molar-refractivity contribution in [3.8, 4) is 0 Å². The zero-order valence-corrected chi connectivity index (χ0v) is 12.0. The summed E-state index contributed by atoms with van der Waals surface area (Å²) >= 11 is 0. The van der Waals surface area contributed by atoms with E-state index >= 15 is 0 Å². The van der Waals surface area contributed by atoms with Crippen LogP contribution in [-0.4, -0.2) is 23.5 Å². The third-order valence-electron chi connectivity index (χ3n) is 4.24. The Labute approximate surface area is 119 Å². The molecule has 0 spiro atoms. The summed E-state index contributed by atoms with van der Waals surface area (Å²) in [4.78, 5) is 23.7. The monoisotopic (exact) mass is 275 g/mol. The summed E-state index contributed by atoms with van der Waals surface area (Å²) in [5.41, 5.74) is 1.79. The fourth-order valence-corrected chi connectivity index (χ4v) is 2.84. The number of carboxylic acids is 1. The first-order valence-electron chi connectivity index (χ1n) is 7.03. The molecule has 1 aliphatic rings. The van der Waals surface area contributed by atoms with Crippen molar-refractivity contribution in [1.82, 2.24) is 5.32 Å². The lowest BCUT2D eigenvalue weighted by Gasteiger charge is -2.24. The molecule has 0 saturated heterocycles. The molecule has 1 aliphatic carbocycles. The van der Waals surface area contributed by atoms with Crippen molar-refractivity contribution in [3.63, 3.8) is 0 Å². The van der Waals surface area contributed by atoms with E-state index in [-0.39, 0.29) is 12.5 Å². The lowest BCUT2D eigenvalue weighted by molar-refractivity contribution is -0.148. The molecule has 0 bridgehead atoms. The van der Waals surface area contributed by atoms with Crippen LogP contribution in [0.15, 0.2) is 18.2 Å². The normalized spacial score (nSPS) is 16.9. The molecule has 0 aliphatic heterocycles. The summed E-state index contributed by atoms with van der Waals surface area (Å²) in [6.07, 6.45) is 3.14. The molecule has 1 saturated carbocycles. The lowest BCUT2D eigenvalue weighted by atomic mass is 9.86. The SMILES string of the molecule is Cc1ccc(C)c(C(=O)NCC2(C(=O)O)CCCC2)c1. The van der Waals surface area contributed by atoms with E-state index in [1.807, 2.05) is 32.0 Å². The van der Waals surface area contributed by atoms with Crippen molar-refractivity contribution >= 4 is 11.9 Å². The van der Waals surface area contributed by atoms with Gasteiger partial charge in [-0.1, -0.05) is 30.5 Å². The summed E-state index contributed by atoms with van der Waals surface area (Å²) in [6.45, 7) is 4.04. The second-order valence-electron chi connectivity index (χ2n) is 5.79. The molecule has 0 heterocycles. The number of carboxylic acid groups (broad SMARTS) is 1. The van der Waals surface area contributed by atoms with Crippen molar-refractivity contribution in [2.24, 2.45) is 5.41 Å². The molecule has 1 aromatic carbocycles. The van der Waals surface area contributed by atoms with E-state index in [9.17, 15) is 14.7 Å². The highest BCUT2D eigenvalue weighted by molar-refractivity contribution is 5.96. The summed E-state index contributed by atoms with van der Waals surface area (Å²) < 4.78 is 0. The second-order valence-corrected chi connectivity index (χ2v) is 5.79.